The number of nitrogens with zero attached hydrogens (tertiary/aromatic N) is 2. The van der Waals surface area contributed by atoms with Crippen molar-refractivity contribution in [2.45, 2.75) is 71.3 Å². The molecular weight excluding hydrogens is 274 g/mol. The van der Waals surface area contributed by atoms with E-state index in [0.717, 1.165) is 17.5 Å². The summed E-state index contributed by atoms with van der Waals surface area (Å²) in [5.41, 5.74) is 0. The molecular formula is C18H29N3O. The Hall–Kier alpha value is -1.32. The molecule has 0 radical (unpaired) electrons. The first-order valence-corrected chi connectivity index (χ1v) is 8.90. The second-order valence-corrected chi connectivity index (χ2v) is 7.44. The van der Waals surface area contributed by atoms with Crippen LogP contribution in [0.25, 0.3) is 0 Å². The van der Waals surface area contributed by atoms with Crippen molar-refractivity contribution in [3.63, 3.8) is 0 Å². The fraction of sp³-hybridized carbons (Fsp3) is 0.778. The van der Waals surface area contributed by atoms with Gasteiger partial charge in [-0.3, -0.25) is 0 Å². The van der Waals surface area contributed by atoms with Gasteiger partial charge in [0, 0.05) is 18.0 Å². The van der Waals surface area contributed by atoms with E-state index >= 15 is 0 Å². The maximum Gasteiger partial charge on any atom is 0.218 e. The first kappa shape index (κ1) is 15.6. The highest BCUT2D eigenvalue weighted by atomic mass is 16.5. The van der Waals surface area contributed by atoms with Gasteiger partial charge in [-0.15, -0.1) is 0 Å². The van der Waals surface area contributed by atoms with Gasteiger partial charge in [0.05, 0.1) is 6.61 Å². The summed E-state index contributed by atoms with van der Waals surface area (Å²) < 4.78 is 5.85. The minimum Gasteiger partial charge on any atom is -0.477 e. The molecule has 122 valence electrons. The Labute approximate surface area is 134 Å². The fourth-order valence-electron chi connectivity index (χ4n) is 3.09. The van der Waals surface area contributed by atoms with Gasteiger partial charge in [0.25, 0.3) is 0 Å². The van der Waals surface area contributed by atoms with Crippen LogP contribution in [0.5, 0.6) is 5.88 Å². The molecule has 0 spiro atoms. The summed E-state index contributed by atoms with van der Waals surface area (Å²) in [7, 11) is 0. The summed E-state index contributed by atoms with van der Waals surface area (Å²) >= 11 is 0. The van der Waals surface area contributed by atoms with Gasteiger partial charge >= 0.3 is 0 Å². The normalized spacial score (nSPS) is 25.3. The molecule has 0 saturated heterocycles. The van der Waals surface area contributed by atoms with Crippen LogP contribution < -0.4 is 10.1 Å². The molecule has 1 aromatic heterocycles. The van der Waals surface area contributed by atoms with E-state index in [4.69, 9.17) is 9.72 Å². The maximum absolute atomic E-state index is 5.85. The number of ether oxygens (including phenoxy) is 1. The minimum atomic E-state index is 0.508. The third kappa shape index (κ3) is 4.11. The van der Waals surface area contributed by atoms with Gasteiger partial charge in [0.15, 0.2) is 0 Å². The van der Waals surface area contributed by atoms with Crippen LogP contribution in [0.3, 0.4) is 0 Å². The SMILES string of the molecule is CC(C)COc1cc(NC2CCCCC2C)nc(C2CC2)n1. The van der Waals surface area contributed by atoms with E-state index < -0.39 is 0 Å². The van der Waals surface area contributed by atoms with Gasteiger partial charge in [-0.25, -0.2) is 4.98 Å². The number of nitrogens with one attached hydrogen (secondary N) is 1. The molecule has 2 saturated carbocycles. The maximum atomic E-state index is 5.85. The average Bonchev–Trinajstić information content (AvgIpc) is 3.32. The standard InChI is InChI=1S/C18H29N3O/c1-12(2)11-22-17-10-16(20-18(21-17)14-8-9-14)19-15-7-5-4-6-13(15)3/h10,12-15H,4-9,11H2,1-3H3,(H,19,20,21). The van der Waals surface area contributed by atoms with Crippen LogP contribution in [0.1, 0.15) is 71.0 Å². The summed E-state index contributed by atoms with van der Waals surface area (Å²) in [6.45, 7) is 7.37. The highest BCUT2D eigenvalue weighted by Gasteiger charge is 2.28. The van der Waals surface area contributed by atoms with Crippen LogP contribution in [-0.2, 0) is 0 Å². The van der Waals surface area contributed by atoms with Crippen LogP contribution in [-0.4, -0.2) is 22.6 Å². The van der Waals surface area contributed by atoms with Gasteiger partial charge in [-0.05, 0) is 37.5 Å². The molecule has 1 heterocycles. The lowest BCUT2D eigenvalue weighted by Gasteiger charge is -2.30. The smallest absolute Gasteiger partial charge is 0.218 e. The number of hydrogen-bond donors (Lipinski definition) is 1. The zero-order valence-corrected chi connectivity index (χ0v) is 14.1. The molecule has 4 nitrogen and oxygen atoms in total. The van der Waals surface area contributed by atoms with Gasteiger partial charge < -0.3 is 10.1 Å². The largest absolute Gasteiger partial charge is 0.477 e. The van der Waals surface area contributed by atoms with Gasteiger partial charge in [-0.1, -0.05) is 33.6 Å². The third-order valence-electron chi connectivity index (χ3n) is 4.67. The first-order chi connectivity index (χ1) is 10.6. The van der Waals surface area contributed by atoms with Crippen molar-refractivity contribution in [1.82, 2.24) is 9.97 Å². The summed E-state index contributed by atoms with van der Waals surface area (Å²) in [5.74, 6) is 4.42. The van der Waals surface area contributed by atoms with Crippen LogP contribution in [0.2, 0.25) is 0 Å². The average molecular weight is 303 g/mol. The molecule has 2 fully saturated rings. The van der Waals surface area contributed by atoms with Gasteiger partial charge in [-0.2, -0.15) is 4.98 Å². The summed E-state index contributed by atoms with van der Waals surface area (Å²) in [4.78, 5) is 9.35. The molecule has 0 amide bonds. The van der Waals surface area contributed by atoms with Gasteiger partial charge in [0.2, 0.25) is 5.88 Å². The van der Waals surface area contributed by atoms with Crippen molar-refractivity contribution in [3.05, 3.63) is 11.9 Å². The molecule has 0 aromatic carbocycles. The van der Waals surface area contributed by atoms with Crippen LogP contribution in [0, 0.1) is 11.8 Å². The fourth-order valence-corrected chi connectivity index (χ4v) is 3.09. The number of aromatic nitrogens is 2. The Kier molecular flexibility index (Phi) is 4.84. The summed E-state index contributed by atoms with van der Waals surface area (Å²) in [6.07, 6.45) is 7.67. The van der Waals surface area contributed by atoms with E-state index in [-0.39, 0.29) is 0 Å². The number of rotatable bonds is 6. The van der Waals surface area contributed by atoms with Gasteiger partial charge in [0.1, 0.15) is 11.6 Å². The highest BCUT2D eigenvalue weighted by Crippen LogP contribution is 2.39. The minimum absolute atomic E-state index is 0.508. The predicted octanol–water partition coefficient (Wildman–Crippen LogP) is 4.38. The lowest BCUT2D eigenvalue weighted by Crippen LogP contribution is -2.30. The molecule has 4 heteroatoms. The third-order valence-corrected chi connectivity index (χ3v) is 4.67. The monoisotopic (exact) mass is 303 g/mol. The van der Waals surface area contributed by atoms with E-state index in [1.165, 1.54) is 38.5 Å². The zero-order chi connectivity index (χ0) is 15.5. The topological polar surface area (TPSA) is 47.0 Å². The van der Waals surface area contributed by atoms with E-state index in [1.54, 1.807) is 0 Å². The van der Waals surface area contributed by atoms with Crippen molar-refractivity contribution in [1.29, 1.82) is 0 Å². The van der Waals surface area contributed by atoms with E-state index in [2.05, 4.69) is 31.1 Å². The van der Waals surface area contributed by atoms with Crippen molar-refractivity contribution >= 4 is 5.82 Å². The lowest BCUT2D eigenvalue weighted by atomic mass is 9.86. The molecule has 1 N–H and O–H groups in total. The number of anilines is 1. The molecule has 3 rings (SSSR count). The zero-order valence-electron chi connectivity index (χ0n) is 14.1. The lowest BCUT2D eigenvalue weighted by molar-refractivity contribution is 0.260. The Balaban J connectivity index is 1.73. The quantitative estimate of drug-likeness (QED) is 0.847. The Morgan fingerprint density at radius 1 is 1.18 bits per heavy atom. The predicted molar refractivity (Wildman–Crippen MR) is 89.4 cm³/mol. The second kappa shape index (κ2) is 6.84. The van der Waals surface area contributed by atoms with Crippen LogP contribution in [0.4, 0.5) is 5.82 Å². The molecule has 22 heavy (non-hydrogen) atoms. The summed E-state index contributed by atoms with van der Waals surface area (Å²) in [5, 5.41) is 3.65. The summed E-state index contributed by atoms with van der Waals surface area (Å²) in [6, 6.07) is 2.52. The molecule has 0 aliphatic heterocycles. The van der Waals surface area contributed by atoms with Crippen LogP contribution in [0.15, 0.2) is 6.07 Å². The molecule has 2 unspecified atom stereocenters. The molecule has 2 atom stereocenters. The Morgan fingerprint density at radius 2 is 1.95 bits per heavy atom. The highest BCUT2D eigenvalue weighted by molar-refractivity contribution is 5.40. The van der Waals surface area contributed by atoms with Crippen molar-refractivity contribution in [2.75, 3.05) is 11.9 Å². The van der Waals surface area contributed by atoms with Crippen molar-refractivity contribution in [2.24, 2.45) is 11.8 Å². The van der Waals surface area contributed by atoms with E-state index in [1.807, 2.05) is 6.07 Å². The van der Waals surface area contributed by atoms with E-state index in [9.17, 15) is 0 Å². The Bertz CT molecular complexity index is 499. The van der Waals surface area contributed by atoms with Crippen LogP contribution >= 0.6 is 0 Å². The first-order valence-electron chi connectivity index (χ1n) is 8.90. The molecule has 1 aromatic rings. The molecule has 2 aliphatic carbocycles. The molecule has 0 bridgehead atoms. The second-order valence-electron chi connectivity index (χ2n) is 7.44. The van der Waals surface area contributed by atoms with E-state index in [0.29, 0.717) is 30.4 Å². The Morgan fingerprint density at radius 3 is 2.64 bits per heavy atom. The molecule has 2 aliphatic rings. The van der Waals surface area contributed by atoms with Crippen molar-refractivity contribution in [3.8, 4) is 5.88 Å². The number of hydrogen-bond acceptors (Lipinski definition) is 4. The van der Waals surface area contributed by atoms with Crippen molar-refractivity contribution < 1.29 is 4.74 Å².